The summed E-state index contributed by atoms with van der Waals surface area (Å²) in [6.07, 6.45) is 1.39. The molecule has 0 aliphatic heterocycles. The molecule has 1 amide bonds. The maximum Gasteiger partial charge on any atom is 0.341 e. The fraction of sp³-hybridized carbons (Fsp3) is 0.105. The zero-order valence-electron chi connectivity index (χ0n) is 15.5. The number of hydrogen-bond donors (Lipinski definition) is 2. The fourth-order valence-corrected chi connectivity index (χ4v) is 3.43. The van der Waals surface area contributed by atoms with Crippen LogP contribution in [0, 0.1) is 10.1 Å². The van der Waals surface area contributed by atoms with Crippen LogP contribution in [-0.4, -0.2) is 41.8 Å². The van der Waals surface area contributed by atoms with Gasteiger partial charge in [0.15, 0.2) is 18.1 Å². The molecule has 1 heterocycles. The highest BCUT2D eigenvalue weighted by molar-refractivity contribution is 7.20. The zero-order chi connectivity index (χ0) is 21.7. The lowest BCUT2D eigenvalue weighted by Gasteiger charge is -2.09. The Labute approximate surface area is 173 Å². The normalized spacial score (nSPS) is 10.8. The van der Waals surface area contributed by atoms with Crippen molar-refractivity contribution >= 4 is 45.2 Å². The summed E-state index contributed by atoms with van der Waals surface area (Å²) in [6.45, 7) is -0.502. The number of carbonyl (C=O) groups excluding carboxylic acids is 1. The maximum absolute atomic E-state index is 12.3. The molecule has 0 unspecified atom stereocenters. The molecule has 0 atom stereocenters. The van der Waals surface area contributed by atoms with E-state index in [-0.39, 0.29) is 11.4 Å². The van der Waals surface area contributed by atoms with Crippen LogP contribution in [0.25, 0.3) is 10.1 Å². The van der Waals surface area contributed by atoms with Gasteiger partial charge in [-0.1, -0.05) is 0 Å². The molecule has 3 aromatic rings. The Bertz CT molecular complexity index is 1160. The van der Waals surface area contributed by atoms with Crippen molar-refractivity contribution in [2.24, 2.45) is 5.10 Å². The number of benzene rings is 2. The van der Waals surface area contributed by atoms with Gasteiger partial charge in [0.05, 0.1) is 23.1 Å². The number of carboxylic acid groups (broad SMARTS) is 1. The lowest BCUT2D eigenvalue weighted by atomic mass is 10.2. The van der Waals surface area contributed by atoms with E-state index in [1.165, 1.54) is 42.9 Å². The van der Waals surface area contributed by atoms with Crippen LogP contribution in [0.5, 0.6) is 11.5 Å². The highest BCUT2D eigenvalue weighted by Gasteiger charge is 2.13. The minimum atomic E-state index is -1.11. The molecule has 0 saturated heterocycles. The molecule has 0 spiro atoms. The molecule has 11 heteroatoms. The van der Waals surface area contributed by atoms with Crippen molar-refractivity contribution in [1.82, 2.24) is 5.43 Å². The van der Waals surface area contributed by atoms with Gasteiger partial charge in [0.25, 0.3) is 11.6 Å². The lowest BCUT2D eigenvalue weighted by Crippen LogP contribution is -2.16. The Balaban J connectivity index is 1.68. The summed E-state index contributed by atoms with van der Waals surface area (Å²) in [4.78, 5) is 33.6. The second kappa shape index (κ2) is 9.01. The van der Waals surface area contributed by atoms with Crippen molar-refractivity contribution in [1.29, 1.82) is 0 Å². The second-order valence-corrected chi connectivity index (χ2v) is 6.97. The number of rotatable bonds is 8. The van der Waals surface area contributed by atoms with Crippen LogP contribution in [0.15, 0.2) is 47.6 Å². The highest BCUT2D eigenvalue weighted by Crippen LogP contribution is 2.29. The van der Waals surface area contributed by atoms with Crippen molar-refractivity contribution in [2.75, 3.05) is 13.7 Å². The van der Waals surface area contributed by atoms with E-state index in [4.69, 9.17) is 14.6 Å². The SMILES string of the molecule is COc1cc(/C=N\NC(=O)c2cc3cc([N+](=O)[O-])ccc3s2)ccc1OCC(=O)O. The number of fused-ring (bicyclic) bond motifs is 1. The first-order valence-corrected chi connectivity index (χ1v) is 9.23. The van der Waals surface area contributed by atoms with E-state index in [0.29, 0.717) is 21.6 Å². The van der Waals surface area contributed by atoms with Gasteiger partial charge in [0, 0.05) is 22.2 Å². The lowest BCUT2D eigenvalue weighted by molar-refractivity contribution is -0.384. The first kappa shape index (κ1) is 20.7. The van der Waals surface area contributed by atoms with Crippen LogP contribution in [0.1, 0.15) is 15.2 Å². The number of carbonyl (C=O) groups is 2. The summed E-state index contributed by atoms with van der Waals surface area (Å²) in [7, 11) is 1.41. The van der Waals surface area contributed by atoms with E-state index < -0.39 is 23.4 Å². The van der Waals surface area contributed by atoms with Crippen molar-refractivity contribution < 1.29 is 29.1 Å². The second-order valence-electron chi connectivity index (χ2n) is 5.88. The van der Waals surface area contributed by atoms with Crippen molar-refractivity contribution in [2.45, 2.75) is 0 Å². The van der Waals surface area contributed by atoms with Gasteiger partial charge in [-0.15, -0.1) is 11.3 Å². The van der Waals surface area contributed by atoms with Gasteiger partial charge in [-0.05, 0) is 35.9 Å². The Morgan fingerprint density at radius 3 is 2.73 bits per heavy atom. The van der Waals surface area contributed by atoms with Gasteiger partial charge >= 0.3 is 5.97 Å². The van der Waals surface area contributed by atoms with E-state index in [9.17, 15) is 19.7 Å². The Hall–Kier alpha value is -3.99. The van der Waals surface area contributed by atoms with Gasteiger partial charge in [0.1, 0.15) is 0 Å². The molecular formula is C19H15N3O7S. The molecule has 2 aromatic carbocycles. The van der Waals surface area contributed by atoms with Crippen LogP contribution in [0.2, 0.25) is 0 Å². The molecule has 3 rings (SSSR count). The number of nitro benzene ring substituents is 1. The third kappa shape index (κ3) is 4.89. The number of aliphatic carboxylic acids is 1. The van der Waals surface area contributed by atoms with Crippen molar-refractivity contribution in [3.8, 4) is 11.5 Å². The van der Waals surface area contributed by atoms with E-state index in [1.807, 2.05) is 0 Å². The van der Waals surface area contributed by atoms with E-state index in [0.717, 1.165) is 4.70 Å². The number of methoxy groups -OCH3 is 1. The van der Waals surface area contributed by atoms with Gasteiger partial charge < -0.3 is 14.6 Å². The molecule has 1 aromatic heterocycles. The maximum atomic E-state index is 12.3. The molecule has 10 nitrogen and oxygen atoms in total. The average Bonchev–Trinajstić information content (AvgIpc) is 3.15. The number of ether oxygens (including phenoxy) is 2. The van der Waals surface area contributed by atoms with Crippen molar-refractivity contribution in [3.63, 3.8) is 0 Å². The molecule has 0 aliphatic rings. The summed E-state index contributed by atoms with van der Waals surface area (Å²) in [6, 6.07) is 10.7. The topological polar surface area (TPSA) is 140 Å². The number of carboxylic acids is 1. The summed E-state index contributed by atoms with van der Waals surface area (Å²) < 4.78 is 11.0. The third-order valence-corrected chi connectivity index (χ3v) is 4.97. The number of nitrogens with zero attached hydrogens (tertiary/aromatic N) is 2. The number of nitro groups is 1. The number of non-ortho nitro benzene ring substituents is 1. The van der Waals surface area contributed by atoms with Crippen molar-refractivity contribution in [3.05, 3.63) is 63.0 Å². The van der Waals surface area contributed by atoms with Gasteiger partial charge in [0.2, 0.25) is 0 Å². The predicted molar refractivity (Wildman–Crippen MR) is 110 cm³/mol. The minimum Gasteiger partial charge on any atom is -0.493 e. The van der Waals surface area contributed by atoms with Crippen LogP contribution in [0.3, 0.4) is 0 Å². The monoisotopic (exact) mass is 429 g/mol. The molecule has 0 saturated carbocycles. The molecule has 0 radical (unpaired) electrons. The Morgan fingerprint density at radius 2 is 2.03 bits per heavy atom. The molecular weight excluding hydrogens is 414 g/mol. The predicted octanol–water partition coefficient (Wildman–Crippen LogP) is 3.05. The first-order valence-electron chi connectivity index (χ1n) is 8.41. The fourth-order valence-electron chi connectivity index (χ4n) is 2.50. The standard InChI is InChI=1S/C19H15N3O7S/c1-28-15-6-11(2-4-14(15)29-10-18(23)24)9-20-21-19(25)17-8-12-7-13(22(26)27)3-5-16(12)30-17/h2-9H,10H2,1H3,(H,21,25)(H,23,24)/b20-9-. The molecule has 154 valence electrons. The van der Waals surface area contributed by atoms with Crippen LogP contribution in [0.4, 0.5) is 5.69 Å². The Morgan fingerprint density at radius 1 is 1.23 bits per heavy atom. The van der Waals surface area contributed by atoms with E-state index >= 15 is 0 Å². The van der Waals surface area contributed by atoms with E-state index in [2.05, 4.69) is 10.5 Å². The van der Waals surface area contributed by atoms with Crippen LogP contribution < -0.4 is 14.9 Å². The molecule has 30 heavy (non-hydrogen) atoms. The summed E-state index contributed by atoms with van der Waals surface area (Å²) in [5.41, 5.74) is 2.93. The zero-order valence-corrected chi connectivity index (χ0v) is 16.3. The van der Waals surface area contributed by atoms with Gasteiger partial charge in [-0.3, -0.25) is 14.9 Å². The molecule has 0 aliphatic carbocycles. The van der Waals surface area contributed by atoms with Gasteiger partial charge in [-0.2, -0.15) is 5.10 Å². The Kier molecular flexibility index (Phi) is 6.23. The molecule has 0 fully saturated rings. The summed E-state index contributed by atoms with van der Waals surface area (Å²) in [5.74, 6) is -0.984. The number of thiophene rings is 1. The van der Waals surface area contributed by atoms with Crippen LogP contribution in [-0.2, 0) is 4.79 Å². The molecule has 0 bridgehead atoms. The number of amides is 1. The summed E-state index contributed by atoms with van der Waals surface area (Å²) in [5, 5.41) is 24.0. The van der Waals surface area contributed by atoms with Gasteiger partial charge in [-0.25, -0.2) is 10.2 Å². The highest BCUT2D eigenvalue weighted by atomic mass is 32.1. The smallest absolute Gasteiger partial charge is 0.341 e. The average molecular weight is 429 g/mol. The number of hydrazone groups is 1. The number of nitrogens with one attached hydrogen (secondary N) is 1. The first-order chi connectivity index (χ1) is 14.4. The van der Waals surface area contributed by atoms with Crippen LogP contribution >= 0.6 is 11.3 Å². The third-order valence-electron chi connectivity index (χ3n) is 3.85. The largest absolute Gasteiger partial charge is 0.493 e. The quantitative estimate of drug-likeness (QED) is 0.318. The minimum absolute atomic E-state index is 0.0463. The number of hydrogen-bond acceptors (Lipinski definition) is 8. The summed E-state index contributed by atoms with van der Waals surface area (Å²) >= 11 is 1.19. The molecule has 2 N–H and O–H groups in total. The van der Waals surface area contributed by atoms with E-state index in [1.54, 1.807) is 24.3 Å².